The molecular formula is C14H11FOS. The molecule has 86 valence electrons. The second-order valence-electron chi connectivity index (χ2n) is 3.46. The number of hydrogen-bond donors (Lipinski definition) is 0. The molecule has 1 aromatic rings. The number of halogens is 1. The summed E-state index contributed by atoms with van der Waals surface area (Å²) < 4.78 is 12.8. The van der Waals surface area contributed by atoms with Gasteiger partial charge in [0.15, 0.2) is 6.29 Å². The zero-order valence-electron chi connectivity index (χ0n) is 9.05. The molecule has 0 saturated carbocycles. The quantitative estimate of drug-likeness (QED) is 0.453. The first-order valence-corrected chi connectivity index (χ1v) is 6.53. The SMILES string of the molecule is O=CC(=CS1=CC=CC=C1)c1ccc(F)cc1. The van der Waals surface area contributed by atoms with Crippen LogP contribution in [0.15, 0.2) is 53.3 Å². The Kier molecular flexibility index (Phi) is 3.83. The molecule has 1 aromatic carbocycles. The van der Waals surface area contributed by atoms with Gasteiger partial charge in [-0.1, -0.05) is 30.4 Å². The van der Waals surface area contributed by atoms with E-state index in [1.54, 1.807) is 12.1 Å². The molecule has 0 radical (unpaired) electrons. The highest BCUT2D eigenvalue weighted by Crippen LogP contribution is 2.24. The van der Waals surface area contributed by atoms with E-state index in [2.05, 4.69) is 0 Å². The lowest BCUT2D eigenvalue weighted by Crippen LogP contribution is -1.86. The molecule has 2 rings (SSSR count). The number of carbonyl (C=O) groups is 1. The van der Waals surface area contributed by atoms with Crippen LogP contribution in [0.3, 0.4) is 0 Å². The first-order chi connectivity index (χ1) is 8.29. The van der Waals surface area contributed by atoms with E-state index in [-0.39, 0.29) is 16.3 Å². The number of allylic oxidation sites excluding steroid dienone is 4. The predicted molar refractivity (Wildman–Crippen MR) is 72.4 cm³/mol. The van der Waals surface area contributed by atoms with Crippen LogP contribution in [0.25, 0.3) is 5.57 Å². The van der Waals surface area contributed by atoms with Crippen LogP contribution in [0, 0.1) is 5.82 Å². The zero-order chi connectivity index (χ0) is 12.1. The minimum atomic E-state index is -0.298. The number of aldehydes is 1. The van der Waals surface area contributed by atoms with E-state index in [1.807, 2.05) is 34.4 Å². The molecule has 1 unspecified atom stereocenters. The first kappa shape index (κ1) is 11.7. The molecule has 1 nitrogen and oxygen atoms in total. The number of rotatable bonds is 3. The Bertz CT molecular complexity index is 536. The molecule has 0 fully saturated rings. The van der Waals surface area contributed by atoms with Gasteiger partial charge in [-0.3, -0.25) is 4.79 Å². The van der Waals surface area contributed by atoms with Crippen molar-refractivity contribution in [1.29, 1.82) is 0 Å². The molecule has 0 N–H and O–H groups in total. The van der Waals surface area contributed by atoms with E-state index in [9.17, 15) is 9.18 Å². The van der Waals surface area contributed by atoms with E-state index in [1.165, 1.54) is 12.1 Å². The molecule has 0 aromatic heterocycles. The van der Waals surface area contributed by atoms with Gasteiger partial charge in [-0.25, -0.2) is 4.39 Å². The maximum absolute atomic E-state index is 12.8. The predicted octanol–water partition coefficient (Wildman–Crippen LogP) is 3.52. The van der Waals surface area contributed by atoms with Gasteiger partial charge in [0.1, 0.15) is 5.82 Å². The highest BCUT2D eigenvalue weighted by atomic mass is 32.2. The normalized spacial score (nSPS) is 18.9. The van der Waals surface area contributed by atoms with Crippen molar-refractivity contribution >= 4 is 27.7 Å². The molecule has 1 heterocycles. The molecule has 0 spiro atoms. The summed E-state index contributed by atoms with van der Waals surface area (Å²) >= 11 is 0. The van der Waals surface area contributed by atoms with Crippen LogP contribution in [0.4, 0.5) is 4.39 Å². The van der Waals surface area contributed by atoms with Crippen LogP contribution < -0.4 is 0 Å². The van der Waals surface area contributed by atoms with E-state index >= 15 is 0 Å². The van der Waals surface area contributed by atoms with Gasteiger partial charge in [-0.15, -0.1) is 10.5 Å². The minimum Gasteiger partial charge on any atom is -0.298 e. The Morgan fingerprint density at radius 3 is 2.47 bits per heavy atom. The Morgan fingerprint density at radius 2 is 1.88 bits per heavy atom. The Morgan fingerprint density at radius 1 is 1.12 bits per heavy atom. The summed E-state index contributed by atoms with van der Waals surface area (Å²) in [5.41, 5.74) is 1.33. The van der Waals surface area contributed by atoms with E-state index in [4.69, 9.17) is 0 Å². The van der Waals surface area contributed by atoms with Gasteiger partial charge >= 0.3 is 0 Å². The van der Waals surface area contributed by atoms with Crippen molar-refractivity contribution in [3.05, 3.63) is 64.7 Å². The first-order valence-electron chi connectivity index (χ1n) is 5.11. The van der Waals surface area contributed by atoms with Crippen LogP contribution in [-0.4, -0.2) is 11.7 Å². The van der Waals surface area contributed by atoms with Crippen molar-refractivity contribution in [1.82, 2.24) is 0 Å². The van der Waals surface area contributed by atoms with Gasteiger partial charge in [-0.2, -0.15) is 0 Å². The second kappa shape index (κ2) is 5.55. The molecule has 17 heavy (non-hydrogen) atoms. The lowest BCUT2D eigenvalue weighted by Gasteiger charge is -2.03. The van der Waals surface area contributed by atoms with Crippen LogP contribution in [-0.2, 0) is 4.79 Å². The smallest absolute Gasteiger partial charge is 0.151 e. The van der Waals surface area contributed by atoms with Crippen molar-refractivity contribution in [3.8, 4) is 0 Å². The maximum atomic E-state index is 12.8. The molecule has 3 heteroatoms. The maximum Gasteiger partial charge on any atom is 0.151 e. The summed E-state index contributed by atoms with van der Waals surface area (Å²) in [5, 5.41) is 5.93. The fourth-order valence-electron chi connectivity index (χ4n) is 1.41. The third-order valence-corrected chi connectivity index (χ3v) is 3.73. The number of benzene rings is 1. The summed E-state index contributed by atoms with van der Waals surface area (Å²) in [5.74, 6) is -0.298. The fourth-order valence-corrected chi connectivity index (χ4v) is 2.69. The highest BCUT2D eigenvalue weighted by molar-refractivity contribution is 8.20. The molecule has 1 aliphatic rings. The Hall–Kier alpha value is -1.74. The standard InChI is InChI=1S/C14H11FOS/c15-14-6-4-12(5-7-14)13(10-16)11-17-8-2-1-3-9-17/h1-11H. The molecule has 1 aliphatic heterocycles. The van der Waals surface area contributed by atoms with Gasteiger partial charge in [0.25, 0.3) is 0 Å². The lowest BCUT2D eigenvalue weighted by atomic mass is 10.1. The number of carbonyl (C=O) groups excluding carboxylic acids is 1. The molecular weight excluding hydrogens is 235 g/mol. The minimum absolute atomic E-state index is 0.160. The second-order valence-corrected chi connectivity index (χ2v) is 5.05. The lowest BCUT2D eigenvalue weighted by molar-refractivity contribution is -0.103. The van der Waals surface area contributed by atoms with Crippen molar-refractivity contribution in [2.45, 2.75) is 0 Å². The van der Waals surface area contributed by atoms with E-state index in [0.29, 0.717) is 5.57 Å². The highest BCUT2D eigenvalue weighted by Gasteiger charge is 2.01. The van der Waals surface area contributed by atoms with Crippen LogP contribution in [0.1, 0.15) is 5.56 Å². The van der Waals surface area contributed by atoms with Crippen LogP contribution in [0.2, 0.25) is 0 Å². The van der Waals surface area contributed by atoms with Crippen molar-refractivity contribution < 1.29 is 9.18 Å². The molecule has 0 aliphatic carbocycles. The summed E-state index contributed by atoms with van der Waals surface area (Å²) in [4.78, 5) is 11.1. The van der Waals surface area contributed by atoms with Gasteiger partial charge in [0, 0.05) is 5.57 Å². The third kappa shape index (κ3) is 3.11. The topological polar surface area (TPSA) is 17.1 Å². The van der Waals surface area contributed by atoms with Gasteiger partial charge < -0.3 is 0 Å². The van der Waals surface area contributed by atoms with Crippen LogP contribution in [0.5, 0.6) is 0 Å². The van der Waals surface area contributed by atoms with Gasteiger partial charge in [0.05, 0.1) is 0 Å². The molecule has 0 saturated heterocycles. The van der Waals surface area contributed by atoms with E-state index < -0.39 is 0 Å². The zero-order valence-corrected chi connectivity index (χ0v) is 9.86. The number of hydrogen-bond acceptors (Lipinski definition) is 1. The third-order valence-electron chi connectivity index (χ3n) is 2.26. The van der Waals surface area contributed by atoms with Gasteiger partial charge in [0.2, 0.25) is 0 Å². The van der Waals surface area contributed by atoms with Crippen molar-refractivity contribution in [3.63, 3.8) is 0 Å². The monoisotopic (exact) mass is 246 g/mol. The summed E-state index contributed by atoms with van der Waals surface area (Å²) in [6.07, 6.45) is 6.65. The Labute approximate surface area is 102 Å². The molecule has 0 amide bonds. The fraction of sp³-hybridized carbons (Fsp3) is 0. The van der Waals surface area contributed by atoms with Gasteiger partial charge in [-0.05, 0) is 33.9 Å². The van der Waals surface area contributed by atoms with E-state index in [0.717, 1.165) is 11.8 Å². The Balaban J connectivity index is 2.33. The average molecular weight is 246 g/mol. The summed E-state index contributed by atoms with van der Waals surface area (Å²) in [6, 6.07) is 5.94. The van der Waals surface area contributed by atoms with Crippen molar-refractivity contribution in [2.24, 2.45) is 0 Å². The average Bonchev–Trinajstić information content (AvgIpc) is 2.38. The van der Waals surface area contributed by atoms with Crippen LogP contribution >= 0.6 is 10.5 Å². The molecule has 0 bridgehead atoms. The summed E-state index contributed by atoms with van der Waals surface area (Å²) in [6.45, 7) is 0. The van der Waals surface area contributed by atoms with Crippen molar-refractivity contribution in [2.75, 3.05) is 0 Å². The molecule has 1 atom stereocenters. The summed E-state index contributed by atoms with van der Waals surface area (Å²) in [7, 11) is -0.160. The largest absolute Gasteiger partial charge is 0.298 e.